The Morgan fingerprint density at radius 2 is 1.78 bits per heavy atom. The van der Waals surface area contributed by atoms with Crippen molar-refractivity contribution in [1.29, 1.82) is 0 Å². The second-order valence-electron chi connectivity index (χ2n) is 7.14. The van der Waals surface area contributed by atoms with E-state index < -0.39 is 5.41 Å². The minimum atomic E-state index is -0.463. The van der Waals surface area contributed by atoms with Crippen LogP contribution in [-0.4, -0.2) is 31.1 Å². The minimum absolute atomic E-state index is 0.314. The van der Waals surface area contributed by atoms with Crippen LogP contribution in [0.25, 0.3) is 6.08 Å². The number of allylic oxidation sites excluding steroid dienone is 1. The molecule has 0 aliphatic heterocycles. The molecule has 2 aliphatic carbocycles. The van der Waals surface area contributed by atoms with E-state index in [1.165, 1.54) is 0 Å². The lowest BCUT2D eigenvalue weighted by Gasteiger charge is -2.32. The summed E-state index contributed by atoms with van der Waals surface area (Å²) in [7, 11) is 0. The molecule has 0 bridgehead atoms. The second kappa shape index (κ2) is 6.16. The SMILES string of the molecule is O/N=C(/c1n[nH]c2c1C=CC(c1ccccn1)(c1ccccn1)C2)C1CC1. The molecule has 3 aromatic heterocycles. The Balaban J connectivity index is 1.63. The summed E-state index contributed by atoms with van der Waals surface area (Å²) >= 11 is 0. The third kappa shape index (κ3) is 2.56. The molecular formula is C21H19N5O. The summed E-state index contributed by atoms with van der Waals surface area (Å²) < 4.78 is 0. The first kappa shape index (κ1) is 15.9. The topological polar surface area (TPSA) is 87.0 Å². The maximum Gasteiger partial charge on any atom is 0.117 e. The number of pyridine rings is 2. The van der Waals surface area contributed by atoms with Crippen molar-refractivity contribution in [2.45, 2.75) is 24.7 Å². The van der Waals surface area contributed by atoms with Crippen molar-refractivity contribution in [3.8, 4) is 0 Å². The van der Waals surface area contributed by atoms with E-state index in [1.807, 2.05) is 48.8 Å². The number of hydrogen-bond acceptors (Lipinski definition) is 5. The molecule has 6 heteroatoms. The number of rotatable bonds is 4. The van der Waals surface area contributed by atoms with Crippen LogP contribution in [0.4, 0.5) is 0 Å². The third-order valence-corrected chi connectivity index (χ3v) is 5.43. The van der Waals surface area contributed by atoms with Crippen molar-refractivity contribution in [3.05, 3.63) is 83.2 Å². The van der Waals surface area contributed by atoms with Crippen LogP contribution in [0.2, 0.25) is 0 Å². The summed E-state index contributed by atoms with van der Waals surface area (Å²) in [5.41, 5.74) is 4.86. The molecule has 5 rings (SSSR count). The highest BCUT2D eigenvalue weighted by Crippen LogP contribution is 2.41. The number of oxime groups is 1. The Hall–Kier alpha value is -3.28. The van der Waals surface area contributed by atoms with E-state index in [0.29, 0.717) is 18.1 Å². The molecule has 1 saturated carbocycles. The van der Waals surface area contributed by atoms with Crippen LogP contribution in [0.5, 0.6) is 0 Å². The van der Waals surface area contributed by atoms with Crippen molar-refractivity contribution >= 4 is 11.8 Å². The lowest BCUT2D eigenvalue weighted by atomic mass is 9.72. The summed E-state index contributed by atoms with van der Waals surface area (Å²) in [6, 6.07) is 11.9. The molecule has 6 nitrogen and oxygen atoms in total. The zero-order valence-electron chi connectivity index (χ0n) is 14.7. The molecule has 0 aromatic carbocycles. The first-order valence-corrected chi connectivity index (χ1v) is 9.13. The van der Waals surface area contributed by atoms with Crippen LogP contribution in [-0.2, 0) is 11.8 Å². The van der Waals surface area contributed by atoms with Gasteiger partial charge in [0.05, 0.1) is 16.8 Å². The summed E-state index contributed by atoms with van der Waals surface area (Å²) in [6.07, 6.45) is 10.6. The van der Waals surface area contributed by atoms with Gasteiger partial charge in [-0.3, -0.25) is 15.1 Å². The zero-order valence-corrected chi connectivity index (χ0v) is 14.7. The van der Waals surface area contributed by atoms with Crippen molar-refractivity contribution in [2.24, 2.45) is 11.1 Å². The molecule has 1 fully saturated rings. The average molecular weight is 357 g/mol. The fourth-order valence-corrected chi connectivity index (χ4v) is 3.88. The molecule has 0 saturated heterocycles. The van der Waals surface area contributed by atoms with Crippen LogP contribution in [0.3, 0.4) is 0 Å². The minimum Gasteiger partial charge on any atom is -0.411 e. The van der Waals surface area contributed by atoms with Gasteiger partial charge in [-0.05, 0) is 37.1 Å². The summed E-state index contributed by atoms with van der Waals surface area (Å²) in [5.74, 6) is 0.314. The molecular weight excluding hydrogens is 338 g/mol. The molecule has 2 aliphatic rings. The Labute approximate surface area is 156 Å². The zero-order chi connectivity index (χ0) is 18.3. The Morgan fingerprint density at radius 3 is 2.33 bits per heavy atom. The van der Waals surface area contributed by atoms with Gasteiger partial charge in [-0.15, -0.1) is 0 Å². The summed E-state index contributed by atoms with van der Waals surface area (Å²) in [6.45, 7) is 0. The quantitative estimate of drug-likeness (QED) is 0.426. The predicted molar refractivity (Wildman–Crippen MR) is 102 cm³/mol. The predicted octanol–water partition coefficient (Wildman–Crippen LogP) is 3.34. The van der Waals surface area contributed by atoms with E-state index in [2.05, 4.69) is 37.5 Å². The van der Waals surface area contributed by atoms with Crippen LogP contribution in [0.1, 0.15) is 41.2 Å². The lowest BCUT2D eigenvalue weighted by Crippen LogP contribution is -2.32. The highest BCUT2D eigenvalue weighted by atomic mass is 16.4. The normalized spacial score (nSPS) is 18.3. The monoisotopic (exact) mass is 357 g/mol. The molecule has 134 valence electrons. The van der Waals surface area contributed by atoms with E-state index in [1.54, 1.807) is 0 Å². The van der Waals surface area contributed by atoms with Gasteiger partial charge >= 0.3 is 0 Å². The van der Waals surface area contributed by atoms with Crippen molar-refractivity contribution in [2.75, 3.05) is 0 Å². The maximum absolute atomic E-state index is 9.46. The van der Waals surface area contributed by atoms with E-state index in [0.717, 1.165) is 41.2 Å². The summed E-state index contributed by atoms with van der Waals surface area (Å²) in [5, 5.41) is 20.6. The van der Waals surface area contributed by atoms with E-state index in [9.17, 15) is 5.21 Å². The van der Waals surface area contributed by atoms with Crippen molar-refractivity contribution in [3.63, 3.8) is 0 Å². The van der Waals surface area contributed by atoms with Crippen molar-refractivity contribution in [1.82, 2.24) is 20.2 Å². The number of H-pyrrole nitrogens is 1. The number of nitrogens with one attached hydrogen (secondary N) is 1. The van der Waals surface area contributed by atoms with Gasteiger partial charge in [-0.2, -0.15) is 5.10 Å². The van der Waals surface area contributed by atoms with Gasteiger partial charge in [0.15, 0.2) is 0 Å². The van der Waals surface area contributed by atoms with Gasteiger partial charge in [0.25, 0.3) is 0 Å². The molecule has 0 spiro atoms. The molecule has 0 amide bonds. The average Bonchev–Trinajstić information content (AvgIpc) is 3.49. The maximum atomic E-state index is 9.46. The van der Waals surface area contributed by atoms with Crippen LogP contribution in [0, 0.1) is 5.92 Å². The van der Waals surface area contributed by atoms with Crippen LogP contribution < -0.4 is 0 Å². The first-order chi connectivity index (χ1) is 13.3. The smallest absolute Gasteiger partial charge is 0.117 e. The van der Waals surface area contributed by atoms with E-state index >= 15 is 0 Å². The van der Waals surface area contributed by atoms with Gasteiger partial charge in [0.2, 0.25) is 0 Å². The Kier molecular flexibility index (Phi) is 3.63. The molecule has 0 radical (unpaired) electrons. The molecule has 2 N–H and O–H groups in total. The van der Waals surface area contributed by atoms with Gasteiger partial charge < -0.3 is 5.21 Å². The van der Waals surface area contributed by atoms with Crippen molar-refractivity contribution < 1.29 is 5.21 Å². The van der Waals surface area contributed by atoms with Gasteiger partial charge in [0.1, 0.15) is 11.4 Å². The number of fused-ring (bicyclic) bond motifs is 1. The standard InChI is InChI=1S/C21H19N5O/c27-26-19(14-7-8-14)20-15-9-10-21(13-16(15)24-25-20,17-5-1-3-11-22-17)18-6-2-4-12-23-18/h1-6,9-12,14,27H,7-8,13H2,(H,24,25)/b26-19+. The van der Waals surface area contributed by atoms with E-state index in [-0.39, 0.29) is 0 Å². The van der Waals surface area contributed by atoms with E-state index in [4.69, 9.17) is 0 Å². The molecule has 0 unspecified atom stereocenters. The fourth-order valence-electron chi connectivity index (χ4n) is 3.88. The highest BCUT2D eigenvalue weighted by Gasteiger charge is 2.40. The summed E-state index contributed by atoms with van der Waals surface area (Å²) in [4.78, 5) is 9.26. The largest absolute Gasteiger partial charge is 0.411 e. The molecule has 0 atom stereocenters. The molecule has 27 heavy (non-hydrogen) atoms. The van der Waals surface area contributed by atoms with Crippen LogP contribution >= 0.6 is 0 Å². The van der Waals surface area contributed by atoms with Crippen LogP contribution in [0.15, 0.2) is 60.0 Å². The third-order valence-electron chi connectivity index (χ3n) is 5.43. The van der Waals surface area contributed by atoms with Gasteiger partial charge in [0, 0.05) is 36.0 Å². The molecule has 3 heterocycles. The number of nitrogens with zero attached hydrogens (tertiary/aromatic N) is 4. The number of aromatic amines is 1. The second-order valence-corrected chi connectivity index (χ2v) is 7.14. The fraction of sp³-hybridized carbons (Fsp3) is 0.238. The highest BCUT2D eigenvalue weighted by molar-refractivity contribution is 6.04. The lowest BCUT2D eigenvalue weighted by molar-refractivity contribution is 0.317. The Morgan fingerprint density at radius 1 is 1.07 bits per heavy atom. The van der Waals surface area contributed by atoms with Gasteiger partial charge in [-0.25, -0.2) is 0 Å². The van der Waals surface area contributed by atoms with Gasteiger partial charge in [-0.1, -0.05) is 29.4 Å². The first-order valence-electron chi connectivity index (χ1n) is 9.13. The number of hydrogen-bond donors (Lipinski definition) is 2. The Bertz CT molecular complexity index is 980. The molecule has 3 aromatic rings. The number of aromatic nitrogens is 4.